The Morgan fingerprint density at radius 3 is 2.85 bits per heavy atom. The van der Waals surface area contributed by atoms with Gasteiger partial charge in [0.25, 0.3) is 5.69 Å². The molecule has 0 atom stereocenters. The van der Waals surface area contributed by atoms with Gasteiger partial charge in [0.05, 0.1) is 17.4 Å². The van der Waals surface area contributed by atoms with Gasteiger partial charge in [-0.2, -0.15) is 5.10 Å². The number of hydrogen-bond donors (Lipinski definition) is 0. The maximum absolute atomic E-state index is 11.0. The third-order valence-corrected chi connectivity index (χ3v) is 4.47. The van der Waals surface area contributed by atoms with Crippen molar-refractivity contribution in [3.63, 3.8) is 0 Å². The fourth-order valence-electron chi connectivity index (χ4n) is 2.19. The predicted octanol–water partition coefficient (Wildman–Crippen LogP) is 4.56. The monoisotopic (exact) mass is 390 g/mol. The van der Waals surface area contributed by atoms with Crippen LogP contribution in [-0.4, -0.2) is 21.9 Å². The largest absolute Gasteiger partial charge is 0.463 e. The molecule has 3 rings (SSSR count). The van der Waals surface area contributed by atoms with Crippen molar-refractivity contribution in [3.8, 4) is 11.5 Å². The second-order valence-electron chi connectivity index (χ2n) is 5.63. The van der Waals surface area contributed by atoms with E-state index >= 15 is 0 Å². The van der Waals surface area contributed by atoms with Gasteiger partial charge in [0, 0.05) is 23.1 Å². The van der Waals surface area contributed by atoms with E-state index < -0.39 is 4.92 Å². The highest BCUT2D eigenvalue weighted by Gasteiger charge is 2.13. The molecular weight excluding hydrogens is 376 g/mol. The Balaban J connectivity index is 2.06. The molecule has 0 amide bonds. The molecule has 0 saturated carbocycles. The third kappa shape index (κ3) is 3.92. The molecule has 3 aromatic rings. The summed E-state index contributed by atoms with van der Waals surface area (Å²) in [5.74, 6) is 0.658. The molecule has 0 aliphatic rings. The van der Waals surface area contributed by atoms with E-state index in [0.717, 1.165) is 5.69 Å². The Morgan fingerprint density at radius 1 is 1.38 bits per heavy atom. The van der Waals surface area contributed by atoms with Crippen LogP contribution in [0.15, 0.2) is 56.5 Å². The minimum Gasteiger partial charge on any atom is -0.463 e. The molecule has 0 fully saturated rings. The second kappa shape index (κ2) is 7.67. The normalized spacial score (nSPS) is 12.4. The van der Waals surface area contributed by atoms with Crippen molar-refractivity contribution in [2.45, 2.75) is 19.9 Å². The van der Waals surface area contributed by atoms with Gasteiger partial charge in [0.2, 0.25) is 4.80 Å². The summed E-state index contributed by atoms with van der Waals surface area (Å²) in [5, 5.41) is 17.5. The molecule has 134 valence electrons. The van der Waals surface area contributed by atoms with Gasteiger partial charge in [0.15, 0.2) is 5.76 Å². The van der Waals surface area contributed by atoms with Crippen LogP contribution in [0.1, 0.15) is 19.4 Å². The summed E-state index contributed by atoms with van der Waals surface area (Å²) in [7, 11) is 0. The lowest BCUT2D eigenvalue weighted by Crippen LogP contribution is -2.14. The first-order chi connectivity index (χ1) is 12.5. The van der Waals surface area contributed by atoms with E-state index in [2.05, 4.69) is 10.1 Å². The zero-order valence-corrected chi connectivity index (χ0v) is 15.6. The Labute approximate surface area is 158 Å². The maximum atomic E-state index is 11.0. The number of halogens is 1. The summed E-state index contributed by atoms with van der Waals surface area (Å²) in [6.07, 6.45) is 3.12. The van der Waals surface area contributed by atoms with Gasteiger partial charge in [-0.3, -0.25) is 15.1 Å². The molecule has 0 unspecified atom stereocenters. The van der Waals surface area contributed by atoms with Gasteiger partial charge >= 0.3 is 0 Å². The molecule has 0 bridgehead atoms. The van der Waals surface area contributed by atoms with Crippen LogP contribution in [0.25, 0.3) is 11.5 Å². The Hall–Kier alpha value is -2.71. The summed E-state index contributed by atoms with van der Waals surface area (Å²) >= 11 is 7.29. The van der Waals surface area contributed by atoms with Gasteiger partial charge in [0.1, 0.15) is 10.7 Å². The smallest absolute Gasteiger partial charge is 0.288 e. The number of rotatable bonds is 5. The number of furan rings is 1. The number of thiazole rings is 1. The van der Waals surface area contributed by atoms with Crippen molar-refractivity contribution in [2.75, 3.05) is 0 Å². The van der Waals surface area contributed by atoms with Crippen LogP contribution < -0.4 is 4.80 Å². The Kier molecular flexibility index (Phi) is 5.34. The standard InChI is InChI=1S/C17H15ClN4O3S/c1-11(2)20-17-21(15(10-26-17)16-4-3-7-25-16)19-9-12-5-6-13(18)14(8-12)22(23)24/h3-11H,1-2H3. The van der Waals surface area contributed by atoms with Crippen LogP contribution in [0.5, 0.6) is 0 Å². The van der Waals surface area contributed by atoms with E-state index in [0.29, 0.717) is 16.1 Å². The average molecular weight is 391 g/mol. The lowest BCUT2D eigenvalue weighted by molar-refractivity contribution is -0.384. The van der Waals surface area contributed by atoms with E-state index in [4.69, 9.17) is 16.0 Å². The van der Waals surface area contributed by atoms with Crippen molar-refractivity contribution in [1.29, 1.82) is 0 Å². The zero-order valence-electron chi connectivity index (χ0n) is 14.0. The van der Waals surface area contributed by atoms with E-state index in [1.807, 2.05) is 25.3 Å². The molecule has 2 heterocycles. The highest BCUT2D eigenvalue weighted by atomic mass is 35.5. The van der Waals surface area contributed by atoms with Gasteiger partial charge in [-0.05, 0) is 32.0 Å². The highest BCUT2D eigenvalue weighted by Crippen LogP contribution is 2.25. The summed E-state index contributed by atoms with van der Waals surface area (Å²) in [4.78, 5) is 15.8. The fourth-order valence-corrected chi connectivity index (χ4v) is 3.33. The summed E-state index contributed by atoms with van der Waals surface area (Å²) < 4.78 is 7.12. The van der Waals surface area contributed by atoms with Gasteiger partial charge in [-0.1, -0.05) is 17.7 Å². The number of hydrogen-bond acceptors (Lipinski definition) is 6. The molecule has 0 aliphatic carbocycles. The van der Waals surface area contributed by atoms with Crippen LogP contribution in [0.3, 0.4) is 0 Å². The minimum absolute atomic E-state index is 0.0853. The quantitative estimate of drug-likeness (QED) is 0.363. The first-order valence-corrected chi connectivity index (χ1v) is 8.98. The zero-order chi connectivity index (χ0) is 18.7. The van der Waals surface area contributed by atoms with E-state index in [1.165, 1.54) is 29.7 Å². The number of nitro benzene ring substituents is 1. The summed E-state index contributed by atoms with van der Waals surface area (Å²) in [6, 6.07) is 8.24. The Morgan fingerprint density at radius 2 is 2.19 bits per heavy atom. The van der Waals surface area contributed by atoms with Crippen molar-refractivity contribution < 1.29 is 9.34 Å². The molecule has 9 heteroatoms. The minimum atomic E-state index is -0.523. The molecule has 7 nitrogen and oxygen atoms in total. The summed E-state index contributed by atoms with van der Waals surface area (Å²) in [6.45, 7) is 3.95. The lowest BCUT2D eigenvalue weighted by Gasteiger charge is -2.02. The number of aromatic nitrogens is 1. The van der Waals surface area contributed by atoms with Crippen LogP contribution in [0, 0.1) is 10.1 Å². The molecule has 0 N–H and O–H groups in total. The van der Waals surface area contributed by atoms with Gasteiger partial charge < -0.3 is 4.42 Å². The first-order valence-electron chi connectivity index (χ1n) is 7.72. The summed E-state index contributed by atoms with van der Waals surface area (Å²) in [5.41, 5.74) is 1.14. The molecule has 26 heavy (non-hydrogen) atoms. The molecule has 0 radical (unpaired) electrons. The molecular formula is C17H15ClN4O3S. The van der Waals surface area contributed by atoms with Crippen LogP contribution in [0.4, 0.5) is 5.69 Å². The average Bonchev–Trinajstić information content (AvgIpc) is 3.23. The Bertz CT molecular complexity index is 1020. The van der Waals surface area contributed by atoms with Crippen LogP contribution >= 0.6 is 22.9 Å². The lowest BCUT2D eigenvalue weighted by atomic mass is 10.2. The fraction of sp³-hybridized carbons (Fsp3) is 0.176. The molecule has 0 spiro atoms. The predicted molar refractivity (Wildman–Crippen MR) is 102 cm³/mol. The first kappa shape index (κ1) is 18.1. The van der Waals surface area contributed by atoms with Crippen LogP contribution in [0.2, 0.25) is 5.02 Å². The molecule has 0 saturated heterocycles. The third-order valence-electron chi connectivity index (χ3n) is 3.32. The number of nitrogens with zero attached hydrogens (tertiary/aromatic N) is 4. The number of nitro groups is 1. The van der Waals surface area contributed by atoms with Crippen molar-refractivity contribution >= 4 is 34.8 Å². The molecule has 0 aliphatic heterocycles. The van der Waals surface area contributed by atoms with E-state index in [9.17, 15) is 10.1 Å². The van der Waals surface area contributed by atoms with Crippen molar-refractivity contribution in [3.05, 3.63) is 67.5 Å². The van der Waals surface area contributed by atoms with Gasteiger partial charge in [-0.25, -0.2) is 4.68 Å². The van der Waals surface area contributed by atoms with E-state index in [-0.39, 0.29) is 16.8 Å². The SMILES string of the molecule is CC(C)N=c1scc(-c2ccco2)n1N=Cc1ccc(Cl)c([N+](=O)[O-])c1. The number of benzene rings is 1. The van der Waals surface area contributed by atoms with Gasteiger partial charge in [-0.15, -0.1) is 11.3 Å². The second-order valence-corrected chi connectivity index (χ2v) is 6.87. The van der Waals surface area contributed by atoms with Crippen molar-refractivity contribution in [1.82, 2.24) is 4.68 Å². The van der Waals surface area contributed by atoms with E-state index in [1.54, 1.807) is 23.1 Å². The maximum Gasteiger partial charge on any atom is 0.288 e. The van der Waals surface area contributed by atoms with Crippen molar-refractivity contribution in [2.24, 2.45) is 10.1 Å². The molecule has 2 aromatic heterocycles. The molecule has 1 aromatic carbocycles. The van der Waals surface area contributed by atoms with Crippen LogP contribution in [-0.2, 0) is 0 Å². The topological polar surface area (TPSA) is 85.9 Å². The highest BCUT2D eigenvalue weighted by molar-refractivity contribution is 7.07.